The van der Waals surface area contributed by atoms with Crippen LogP contribution >= 0.6 is 0 Å². The van der Waals surface area contributed by atoms with Gasteiger partial charge in [0.2, 0.25) is 5.91 Å². The highest BCUT2D eigenvalue weighted by atomic mass is 16.5. The van der Waals surface area contributed by atoms with Crippen molar-refractivity contribution in [1.29, 1.82) is 0 Å². The van der Waals surface area contributed by atoms with Crippen LogP contribution in [0.25, 0.3) is 0 Å². The lowest BCUT2D eigenvalue weighted by Crippen LogP contribution is -2.37. The molecule has 0 bridgehead atoms. The maximum atomic E-state index is 11.4. The molecule has 1 aromatic carbocycles. The third kappa shape index (κ3) is 8.51. The van der Waals surface area contributed by atoms with E-state index in [9.17, 15) is 14.7 Å². The Morgan fingerprint density at radius 2 is 2.04 bits per heavy atom. The van der Waals surface area contributed by atoms with Gasteiger partial charge in [0.05, 0.1) is 0 Å². The first-order chi connectivity index (χ1) is 11.9. The lowest BCUT2D eigenvalue weighted by atomic mass is 10.1. The second-order valence-electron chi connectivity index (χ2n) is 5.84. The molecule has 0 aliphatic carbocycles. The van der Waals surface area contributed by atoms with Crippen molar-refractivity contribution in [2.24, 2.45) is 0 Å². The molecule has 3 N–H and O–H groups in total. The average molecular weight is 352 g/mol. The number of ether oxygens (including phenoxy) is 1. The number of carbonyl (C=O) groups is 2. The summed E-state index contributed by atoms with van der Waals surface area (Å²) in [6.45, 7) is 3.46. The number of para-hydroxylation sites is 1. The third-order valence-electron chi connectivity index (χ3n) is 3.74. The van der Waals surface area contributed by atoms with Crippen molar-refractivity contribution in [2.45, 2.75) is 32.3 Å². The molecule has 0 aliphatic heterocycles. The number of nitrogens with one attached hydrogen (secondary N) is 1. The number of hydrogen-bond acceptors (Lipinski definition) is 5. The van der Waals surface area contributed by atoms with E-state index in [-0.39, 0.29) is 18.9 Å². The van der Waals surface area contributed by atoms with Crippen molar-refractivity contribution in [2.75, 3.05) is 33.3 Å². The Balaban J connectivity index is 2.31. The number of likely N-dealkylation sites (N-methyl/N-ethyl adjacent to an activating group) is 1. The van der Waals surface area contributed by atoms with Gasteiger partial charge >= 0.3 is 5.97 Å². The Bertz CT molecular complexity index is 550. The number of hydrogen-bond donors (Lipinski definition) is 3. The summed E-state index contributed by atoms with van der Waals surface area (Å²) < 4.78 is 5.62. The first-order valence-electron chi connectivity index (χ1n) is 8.49. The van der Waals surface area contributed by atoms with Crippen LogP contribution in [-0.4, -0.2) is 66.4 Å². The lowest BCUT2D eigenvalue weighted by Gasteiger charge is -2.18. The Labute approximate surface area is 148 Å². The van der Waals surface area contributed by atoms with Gasteiger partial charge in [-0.05, 0) is 18.1 Å². The molecule has 1 atom stereocenters. The molecule has 0 aromatic heterocycles. The Morgan fingerprint density at radius 3 is 2.72 bits per heavy atom. The highest BCUT2D eigenvalue weighted by Gasteiger charge is 2.10. The standard InChI is InChI=1S/C18H28N2O5/c1-3-17(22)20(2)11-10-19-12-15(21)13-25-16-7-5-4-6-14(16)8-9-18(23)24/h4-7,15,19,21H,3,8-13H2,1-2H3,(H,23,24). The van der Waals surface area contributed by atoms with Crippen LogP contribution < -0.4 is 10.1 Å². The summed E-state index contributed by atoms with van der Waals surface area (Å²) >= 11 is 0. The first-order valence-corrected chi connectivity index (χ1v) is 8.49. The summed E-state index contributed by atoms with van der Waals surface area (Å²) in [4.78, 5) is 23.8. The molecule has 0 saturated carbocycles. The number of amides is 1. The Kier molecular flexibility index (Phi) is 9.57. The van der Waals surface area contributed by atoms with Gasteiger partial charge < -0.3 is 25.2 Å². The number of rotatable bonds is 12. The minimum absolute atomic E-state index is 0.0362. The number of aliphatic hydroxyl groups excluding tert-OH is 1. The van der Waals surface area contributed by atoms with E-state index in [1.807, 2.05) is 25.1 Å². The fourth-order valence-electron chi connectivity index (χ4n) is 2.25. The Morgan fingerprint density at radius 1 is 1.32 bits per heavy atom. The molecule has 0 saturated heterocycles. The quantitative estimate of drug-likeness (QED) is 0.484. The van der Waals surface area contributed by atoms with Gasteiger partial charge in [0.15, 0.2) is 0 Å². The number of aliphatic hydroxyl groups is 1. The number of benzene rings is 1. The number of carboxylic acid groups (broad SMARTS) is 1. The minimum Gasteiger partial charge on any atom is -0.491 e. The normalized spacial score (nSPS) is 11.8. The van der Waals surface area contributed by atoms with Crippen molar-refractivity contribution in [3.8, 4) is 5.75 Å². The largest absolute Gasteiger partial charge is 0.491 e. The van der Waals surface area contributed by atoms with Crippen LogP contribution in [0.15, 0.2) is 24.3 Å². The molecule has 7 nitrogen and oxygen atoms in total. The van der Waals surface area contributed by atoms with Crippen molar-refractivity contribution in [1.82, 2.24) is 10.2 Å². The third-order valence-corrected chi connectivity index (χ3v) is 3.74. The Hall–Kier alpha value is -2.12. The molecule has 25 heavy (non-hydrogen) atoms. The summed E-state index contributed by atoms with van der Waals surface area (Å²) in [5, 5.41) is 21.8. The average Bonchev–Trinajstić information content (AvgIpc) is 2.61. The number of carbonyl (C=O) groups excluding carboxylic acids is 1. The van der Waals surface area contributed by atoms with Crippen molar-refractivity contribution in [3.63, 3.8) is 0 Å². The molecule has 0 fully saturated rings. The van der Waals surface area contributed by atoms with Gasteiger partial charge in [0, 0.05) is 39.5 Å². The maximum absolute atomic E-state index is 11.4. The topological polar surface area (TPSA) is 99.1 Å². The van der Waals surface area contributed by atoms with Crippen molar-refractivity contribution < 1.29 is 24.5 Å². The molecular weight excluding hydrogens is 324 g/mol. The van der Waals surface area contributed by atoms with E-state index >= 15 is 0 Å². The van der Waals surface area contributed by atoms with Gasteiger partial charge in [0.25, 0.3) is 0 Å². The summed E-state index contributed by atoms with van der Waals surface area (Å²) in [5.41, 5.74) is 0.810. The zero-order valence-electron chi connectivity index (χ0n) is 14.9. The van der Waals surface area contributed by atoms with E-state index in [0.29, 0.717) is 38.2 Å². The van der Waals surface area contributed by atoms with Gasteiger partial charge in [-0.25, -0.2) is 0 Å². The van der Waals surface area contributed by atoms with Gasteiger partial charge in [0.1, 0.15) is 18.5 Å². The fraction of sp³-hybridized carbons (Fsp3) is 0.556. The number of aliphatic carboxylic acids is 1. The molecule has 1 rings (SSSR count). The second-order valence-corrected chi connectivity index (χ2v) is 5.84. The second kappa shape index (κ2) is 11.4. The van der Waals surface area contributed by atoms with E-state index in [2.05, 4.69) is 5.32 Å². The van der Waals surface area contributed by atoms with Gasteiger partial charge in [-0.15, -0.1) is 0 Å². The van der Waals surface area contributed by atoms with Crippen LogP contribution in [-0.2, 0) is 16.0 Å². The van der Waals surface area contributed by atoms with Gasteiger partial charge in [-0.3, -0.25) is 9.59 Å². The number of nitrogens with zero attached hydrogens (tertiary/aromatic N) is 1. The fourth-order valence-corrected chi connectivity index (χ4v) is 2.25. The summed E-state index contributed by atoms with van der Waals surface area (Å²) in [6, 6.07) is 7.23. The minimum atomic E-state index is -0.856. The van der Waals surface area contributed by atoms with Crippen molar-refractivity contribution in [3.05, 3.63) is 29.8 Å². The predicted molar refractivity (Wildman–Crippen MR) is 94.7 cm³/mol. The SMILES string of the molecule is CCC(=O)N(C)CCNCC(O)COc1ccccc1CCC(=O)O. The highest BCUT2D eigenvalue weighted by molar-refractivity contribution is 5.75. The smallest absolute Gasteiger partial charge is 0.303 e. The van der Waals surface area contributed by atoms with Crippen LogP contribution in [0, 0.1) is 0 Å². The van der Waals surface area contributed by atoms with Crippen LogP contribution in [0.3, 0.4) is 0 Å². The summed E-state index contributed by atoms with van der Waals surface area (Å²) in [6.07, 6.45) is 0.208. The zero-order valence-corrected chi connectivity index (χ0v) is 14.9. The van der Waals surface area contributed by atoms with E-state index in [1.165, 1.54) is 0 Å². The molecule has 1 aromatic rings. The van der Waals surface area contributed by atoms with E-state index in [1.54, 1.807) is 18.0 Å². The number of carboxylic acids is 1. The van der Waals surface area contributed by atoms with Crippen LogP contribution in [0.4, 0.5) is 0 Å². The molecule has 7 heteroatoms. The summed E-state index contributed by atoms with van der Waals surface area (Å²) in [5.74, 6) is -0.176. The lowest BCUT2D eigenvalue weighted by molar-refractivity contribution is -0.137. The van der Waals surface area contributed by atoms with Gasteiger partial charge in [-0.1, -0.05) is 25.1 Å². The van der Waals surface area contributed by atoms with Crippen LogP contribution in [0.2, 0.25) is 0 Å². The molecule has 1 unspecified atom stereocenters. The number of aryl methyl sites for hydroxylation is 1. The molecular formula is C18H28N2O5. The van der Waals surface area contributed by atoms with E-state index in [0.717, 1.165) is 5.56 Å². The molecule has 0 aliphatic rings. The maximum Gasteiger partial charge on any atom is 0.303 e. The molecule has 0 heterocycles. The molecule has 0 radical (unpaired) electrons. The molecule has 0 spiro atoms. The summed E-state index contributed by atoms with van der Waals surface area (Å²) in [7, 11) is 1.75. The first kappa shape index (κ1) is 20.9. The molecule has 140 valence electrons. The van der Waals surface area contributed by atoms with E-state index in [4.69, 9.17) is 9.84 Å². The molecule has 1 amide bonds. The zero-order chi connectivity index (χ0) is 18.7. The predicted octanol–water partition coefficient (Wildman–Crippen LogP) is 0.902. The highest BCUT2D eigenvalue weighted by Crippen LogP contribution is 2.19. The monoisotopic (exact) mass is 352 g/mol. The van der Waals surface area contributed by atoms with E-state index < -0.39 is 12.1 Å². The van der Waals surface area contributed by atoms with Crippen LogP contribution in [0.1, 0.15) is 25.3 Å². The van der Waals surface area contributed by atoms with Crippen molar-refractivity contribution >= 4 is 11.9 Å². The van der Waals surface area contributed by atoms with Crippen LogP contribution in [0.5, 0.6) is 5.75 Å². The van der Waals surface area contributed by atoms with Gasteiger partial charge in [-0.2, -0.15) is 0 Å².